The van der Waals surface area contributed by atoms with Gasteiger partial charge in [-0.15, -0.1) is 0 Å². The van der Waals surface area contributed by atoms with Crippen molar-refractivity contribution < 1.29 is 26.8 Å². The first-order chi connectivity index (χ1) is 10.2. The minimum Gasteiger partial charge on any atom is -0.444 e. The number of alkyl carbamates (subject to hydrolysis) is 1. The van der Waals surface area contributed by atoms with Crippen LogP contribution in [-0.2, 0) is 19.1 Å². The lowest BCUT2D eigenvalue weighted by Crippen LogP contribution is -2.33. The molecule has 0 fully saturated rings. The minimum atomic E-state index is -3.46. The smallest absolute Gasteiger partial charge is 0.407 e. The summed E-state index contributed by atoms with van der Waals surface area (Å²) in [5.41, 5.74) is -0.981. The molecule has 0 radical (unpaired) electrons. The molecule has 0 aromatic carbocycles. The zero-order valence-corrected chi connectivity index (χ0v) is 11.9. The van der Waals surface area contributed by atoms with E-state index in [-0.39, 0.29) is 0 Å². The van der Waals surface area contributed by atoms with Gasteiger partial charge in [0.2, 0.25) is 0 Å². The summed E-state index contributed by atoms with van der Waals surface area (Å²) in [5.74, 6) is -1.47. The lowest BCUT2D eigenvalue weighted by atomic mass is 10.2. The summed E-state index contributed by atoms with van der Waals surface area (Å²) in [5, 5.41) is 2.12. The predicted molar refractivity (Wildman–Crippen MR) is 74.5 cm³/mol. The summed E-state index contributed by atoms with van der Waals surface area (Å²) in [6.45, 7) is 1.25. The first-order valence-electron chi connectivity index (χ1n) is 8.07. The molecule has 1 amide bonds. The third-order valence-electron chi connectivity index (χ3n) is 1.20. The van der Waals surface area contributed by atoms with Crippen molar-refractivity contribution in [1.82, 2.24) is 5.32 Å². The average Bonchev–Trinajstić information content (AvgIpc) is 2.21. The second-order valence-corrected chi connectivity index (χ2v) is 7.65. The van der Waals surface area contributed by atoms with Crippen molar-refractivity contribution >= 4 is 26.8 Å². The van der Waals surface area contributed by atoms with Gasteiger partial charge in [-0.1, -0.05) is 0 Å². The summed E-state index contributed by atoms with van der Waals surface area (Å²) in [6, 6.07) is 0. The summed E-state index contributed by atoms with van der Waals surface area (Å²) in [7, 11) is -2.83. The first-order valence-corrected chi connectivity index (χ1v) is 7.51. The summed E-state index contributed by atoms with van der Waals surface area (Å²) in [6.07, 6.45) is -5.83. The van der Waals surface area contributed by atoms with Gasteiger partial charge in [-0.25, -0.2) is 4.79 Å². The number of hydrogen-bond donors (Lipinski definition) is 1. The fourth-order valence-corrected chi connectivity index (χ4v) is 1.34. The number of ether oxygens (including phenoxy) is 1. The molecule has 0 aliphatic rings. The highest BCUT2D eigenvalue weighted by molar-refractivity contribution is 8.01. The molecule has 0 aromatic heterocycles. The Morgan fingerprint density at radius 2 is 1.94 bits per heavy atom. The van der Waals surface area contributed by atoms with Crippen molar-refractivity contribution in [3.05, 3.63) is 0 Å². The van der Waals surface area contributed by atoms with Crippen LogP contribution < -0.4 is 5.32 Å². The van der Waals surface area contributed by atoms with Crippen LogP contribution in [0.1, 0.15) is 41.7 Å². The molecule has 0 bridgehead atoms. The van der Waals surface area contributed by atoms with E-state index in [4.69, 9.17) is 13.0 Å². The molecule has 0 saturated heterocycles. The molecule has 0 aliphatic carbocycles. The molecule has 0 heterocycles. The Labute approximate surface area is 118 Å². The van der Waals surface area contributed by atoms with E-state index >= 15 is 0 Å². The predicted octanol–water partition coefficient (Wildman–Crippen LogP) is 1.21. The van der Waals surface area contributed by atoms with Crippen molar-refractivity contribution in [3.63, 3.8) is 0 Å². The maximum Gasteiger partial charge on any atom is 0.407 e. The lowest BCUT2D eigenvalue weighted by Gasteiger charge is -2.19. The third kappa shape index (κ3) is 11.4. The van der Waals surface area contributed by atoms with Crippen molar-refractivity contribution in [2.24, 2.45) is 0 Å². The normalized spacial score (nSPS) is 19.2. The van der Waals surface area contributed by atoms with Gasteiger partial charge in [0.1, 0.15) is 5.60 Å². The molecule has 18 heavy (non-hydrogen) atoms. The van der Waals surface area contributed by atoms with E-state index in [1.54, 1.807) is 5.32 Å². The molecule has 0 rings (SSSR count). The fraction of sp³-hybridized carbons (Fsp3) is 0.750. The van der Waals surface area contributed by atoms with Crippen LogP contribution in [0, 0.1) is 0 Å². The monoisotopic (exact) mass is 283 g/mol. The van der Waals surface area contributed by atoms with E-state index in [1.807, 2.05) is 0 Å². The minimum absolute atomic E-state index is 0.522. The number of rotatable bonds is 5. The van der Waals surface area contributed by atoms with Gasteiger partial charge in [0.25, 0.3) is 0 Å². The fourth-order valence-electron chi connectivity index (χ4n) is 0.766. The van der Waals surface area contributed by atoms with Crippen LogP contribution in [0.3, 0.4) is 0 Å². The van der Waals surface area contributed by atoms with Gasteiger partial charge in [-0.3, -0.25) is 9.00 Å². The zero-order chi connectivity index (χ0) is 19.8. The Bertz CT molecular complexity index is 624. The Morgan fingerprint density at radius 1 is 1.39 bits per heavy atom. The Hall–Kier alpha value is -1.04. The summed E-state index contributed by atoms with van der Waals surface area (Å²) >= 11 is 0. The Kier molecular flexibility index (Phi) is 3.37. The van der Waals surface area contributed by atoms with Crippen LogP contribution in [-0.4, -0.2) is 46.1 Å². The summed E-state index contributed by atoms with van der Waals surface area (Å²) in [4.78, 5) is 23.6. The largest absolute Gasteiger partial charge is 0.444 e. The number of nitrogens with one attached hydrogen (secondary N) is 1. The van der Waals surface area contributed by atoms with Crippen molar-refractivity contribution in [3.8, 4) is 0 Å². The van der Waals surface area contributed by atoms with Crippen LogP contribution in [0.2, 0.25) is 0 Å². The maximum absolute atomic E-state index is 11.9. The molecule has 0 unspecified atom stereocenters. The van der Waals surface area contributed by atoms with Crippen LogP contribution in [0.5, 0.6) is 0 Å². The molecular formula is C12H23NO4S. The van der Waals surface area contributed by atoms with E-state index in [1.165, 1.54) is 20.8 Å². The van der Waals surface area contributed by atoms with Gasteiger partial charge in [-0.05, 0) is 36.7 Å². The molecule has 6 heteroatoms. The number of amides is 1. The number of carbonyl (C=O) groups excluding carboxylic acids is 2. The zero-order valence-electron chi connectivity index (χ0n) is 17.1. The number of carbonyl (C=O) groups is 2. The quantitative estimate of drug-likeness (QED) is 0.770. The van der Waals surface area contributed by atoms with Gasteiger partial charge >= 0.3 is 6.09 Å². The van der Waals surface area contributed by atoms with E-state index in [0.717, 1.165) is 12.5 Å². The third-order valence-corrected chi connectivity index (χ3v) is 1.98. The standard InChI is InChI=1S/C12H23NO4S/c1-12(2,3)17-11(15)13-8-6-7-10(14)9-18(4,5)16/h9H,6-8H2,1-5H3,(H,13,15)/i6D2,7D2,8D2. The number of hydrogen-bond acceptors (Lipinski definition) is 4. The molecule has 0 aliphatic heterocycles. The molecule has 0 saturated carbocycles. The maximum atomic E-state index is 11.9. The molecule has 0 aromatic rings. The Morgan fingerprint density at radius 3 is 2.39 bits per heavy atom. The van der Waals surface area contributed by atoms with Crippen LogP contribution >= 0.6 is 0 Å². The van der Waals surface area contributed by atoms with Crippen molar-refractivity contribution in [2.75, 3.05) is 19.0 Å². The topological polar surface area (TPSA) is 72.5 Å². The van der Waals surface area contributed by atoms with E-state index in [9.17, 15) is 13.8 Å². The van der Waals surface area contributed by atoms with Crippen molar-refractivity contribution in [1.29, 1.82) is 0 Å². The Balaban J connectivity index is 5.64. The van der Waals surface area contributed by atoms with Crippen LogP contribution in [0.15, 0.2) is 0 Å². The van der Waals surface area contributed by atoms with Crippen LogP contribution in [0.25, 0.3) is 0 Å². The molecule has 106 valence electrons. The van der Waals surface area contributed by atoms with Gasteiger partial charge in [-0.2, -0.15) is 0 Å². The summed E-state index contributed by atoms with van der Waals surface area (Å²) < 4.78 is 62.4. The van der Waals surface area contributed by atoms with Gasteiger partial charge in [0.15, 0.2) is 5.78 Å². The van der Waals surface area contributed by atoms with Crippen LogP contribution in [0.4, 0.5) is 4.79 Å². The van der Waals surface area contributed by atoms with Gasteiger partial charge in [0.05, 0.1) is 0 Å². The highest BCUT2D eigenvalue weighted by Gasteiger charge is 2.15. The molecule has 5 nitrogen and oxygen atoms in total. The van der Waals surface area contributed by atoms with Gasteiger partial charge in [0, 0.05) is 39.0 Å². The van der Waals surface area contributed by atoms with E-state index in [0.29, 0.717) is 5.37 Å². The molecule has 0 atom stereocenters. The molecule has 0 spiro atoms. The number of Topliss-reactive ketones (excluding diaryl/α,β-unsaturated/α-hetero) is 1. The SMILES string of the molecule is [2H]C([2H])(NC(=O)OC(C)(C)C)C([2H])([2H])C([2H])([2H])C(=O)C=S(C)(C)=O. The second-order valence-electron chi connectivity index (χ2n) is 4.79. The first kappa shape index (κ1) is 8.96. The average molecular weight is 283 g/mol. The molecular weight excluding hydrogens is 254 g/mol. The van der Waals surface area contributed by atoms with E-state index in [2.05, 4.69) is 0 Å². The molecule has 1 N–H and O–H groups in total. The lowest BCUT2D eigenvalue weighted by molar-refractivity contribution is -0.112. The van der Waals surface area contributed by atoms with Gasteiger partial charge < -0.3 is 10.1 Å². The van der Waals surface area contributed by atoms with E-state index < -0.39 is 46.2 Å². The second kappa shape index (κ2) is 6.78. The number of ketones is 1. The highest BCUT2D eigenvalue weighted by Crippen LogP contribution is 2.06. The van der Waals surface area contributed by atoms with Crippen molar-refractivity contribution in [2.45, 2.75) is 39.1 Å². The highest BCUT2D eigenvalue weighted by atomic mass is 32.2.